The molecule has 0 saturated carbocycles. The van der Waals surface area contributed by atoms with Crippen molar-refractivity contribution < 1.29 is 19.4 Å². The Bertz CT molecular complexity index is 1070. The van der Waals surface area contributed by atoms with Crippen LogP contribution in [0.2, 0.25) is 0 Å². The van der Waals surface area contributed by atoms with Crippen molar-refractivity contribution in [1.29, 1.82) is 0 Å². The van der Waals surface area contributed by atoms with Crippen LogP contribution in [0.25, 0.3) is 16.9 Å². The second-order valence-corrected chi connectivity index (χ2v) is 8.31. The molecule has 3 aromatic rings. The van der Waals surface area contributed by atoms with E-state index >= 15 is 0 Å². The van der Waals surface area contributed by atoms with Crippen LogP contribution in [0.4, 0.5) is 0 Å². The zero-order valence-corrected chi connectivity index (χ0v) is 19.8. The van der Waals surface area contributed by atoms with Crippen molar-refractivity contribution in [1.82, 2.24) is 19.6 Å². The van der Waals surface area contributed by atoms with Crippen LogP contribution in [0, 0.1) is 6.92 Å². The van der Waals surface area contributed by atoms with Gasteiger partial charge in [-0.05, 0) is 50.2 Å². The molecule has 1 aliphatic rings. The normalized spacial score (nSPS) is 14.3. The Morgan fingerprint density at radius 2 is 1.71 bits per heavy atom. The molecule has 0 radical (unpaired) electrons. The molecular formula is C26H32N4O4. The van der Waals surface area contributed by atoms with Gasteiger partial charge in [-0.3, -0.25) is 9.69 Å². The third-order valence-electron chi connectivity index (χ3n) is 5.90. The first-order chi connectivity index (χ1) is 16.6. The van der Waals surface area contributed by atoms with E-state index in [0.29, 0.717) is 37.9 Å². The lowest BCUT2D eigenvalue weighted by molar-refractivity contribution is -0.135. The average Bonchev–Trinajstić information content (AvgIpc) is 3.28. The Kier molecular flexibility index (Phi) is 7.82. The highest BCUT2D eigenvalue weighted by molar-refractivity contribution is 5.78. The molecule has 1 amide bonds. The number of nitrogens with zero attached hydrogens (tertiary/aromatic N) is 4. The van der Waals surface area contributed by atoms with Gasteiger partial charge in [0.2, 0.25) is 5.88 Å². The number of carbonyl (C=O) groups excluding carboxylic acids is 1. The summed E-state index contributed by atoms with van der Waals surface area (Å²) in [6.45, 7) is 8.24. The Morgan fingerprint density at radius 3 is 2.35 bits per heavy atom. The summed E-state index contributed by atoms with van der Waals surface area (Å²) in [6.07, 6.45) is 0. The van der Waals surface area contributed by atoms with E-state index in [9.17, 15) is 4.79 Å². The third-order valence-corrected chi connectivity index (χ3v) is 5.90. The van der Waals surface area contributed by atoms with Crippen molar-refractivity contribution in [3.63, 3.8) is 0 Å². The number of benzene rings is 2. The molecule has 4 rings (SSSR count). The van der Waals surface area contributed by atoms with Crippen LogP contribution < -0.4 is 9.47 Å². The van der Waals surface area contributed by atoms with Crippen molar-refractivity contribution in [3.8, 4) is 28.6 Å². The average molecular weight is 465 g/mol. The summed E-state index contributed by atoms with van der Waals surface area (Å²) < 4.78 is 13.4. The minimum atomic E-state index is -0.0223. The van der Waals surface area contributed by atoms with E-state index in [1.165, 1.54) is 5.56 Å². The maximum absolute atomic E-state index is 12.5. The van der Waals surface area contributed by atoms with Gasteiger partial charge in [-0.25, -0.2) is 4.68 Å². The molecule has 0 spiro atoms. The minimum absolute atomic E-state index is 0.00981. The van der Waals surface area contributed by atoms with Crippen molar-refractivity contribution in [2.75, 3.05) is 52.5 Å². The van der Waals surface area contributed by atoms with Crippen molar-refractivity contribution in [3.05, 3.63) is 60.2 Å². The predicted octanol–water partition coefficient (Wildman–Crippen LogP) is 2.76. The maximum Gasteiger partial charge on any atom is 0.260 e. The zero-order valence-electron chi connectivity index (χ0n) is 19.8. The fourth-order valence-corrected chi connectivity index (χ4v) is 3.95. The third kappa shape index (κ3) is 5.76. The largest absolute Gasteiger partial charge is 0.484 e. The molecule has 8 nitrogen and oxygen atoms in total. The van der Waals surface area contributed by atoms with Gasteiger partial charge in [-0.15, -0.1) is 0 Å². The standard InChI is InChI=1S/C26H32N4O4/c1-3-33-26-18-24(27-30(26)22-8-4-20(2)5-9-22)21-6-10-23(11-7-21)34-19-25(32)29-14-12-28(13-15-29)16-17-31/h4-11,18,31H,3,12-17,19H2,1-2H3. The molecule has 1 fully saturated rings. The quantitative estimate of drug-likeness (QED) is 0.525. The van der Waals surface area contributed by atoms with Crippen LogP contribution in [0.3, 0.4) is 0 Å². The second kappa shape index (κ2) is 11.2. The van der Waals surface area contributed by atoms with Gasteiger partial charge >= 0.3 is 0 Å². The fraction of sp³-hybridized carbons (Fsp3) is 0.385. The Balaban J connectivity index is 1.38. The van der Waals surface area contributed by atoms with Gasteiger partial charge in [-0.2, -0.15) is 5.10 Å². The van der Waals surface area contributed by atoms with Gasteiger partial charge in [0.15, 0.2) is 6.61 Å². The summed E-state index contributed by atoms with van der Waals surface area (Å²) in [5.41, 5.74) is 3.86. The Hall–Kier alpha value is -3.36. The first-order valence-corrected chi connectivity index (χ1v) is 11.7. The molecular weight excluding hydrogens is 432 g/mol. The molecule has 1 N–H and O–H groups in total. The molecule has 180 valence electrons. The molecule has 1 aliphatic heterocycles. The summed E-state index contributed by atoms with van der Waals surface area (Å²) in [5, 5.41) is 13.8. The number of aromatic nitrogens is 2. The number of amides is 1. The topological polar surface area (TPSA) is 80.1 Å². The molecule has 0 bridgehead atoms. The molecule has 1 saturated heterocycles. The van der Waals surface area contributed by atoms with Crippen LogP contribution >= 0.6 is 0 Å². The molecule has 1 aromatic heterocycles. The summed E-state index contributed by atoms with van der Waals surface area (Å²) in [7, 11) is 0. The number of β-amino-alcohol motifs (C(OH)–C–C–N with tert-alkyl or cyclic N) is 1. The zero-order chi connectivity index (χ0) is 23.9. The van der Waals surface area contributed by atoms with Crippen LogP contribution in [-0.4, -0.2) is 83.1 Å². The number of piperazine rings is 1. The first kappa shape index (κ1) is 23.8. The lowest BCUT2D eigenvalue weighted by Gasteiger charge is -2.34. The van der Waals surface area contributed by atoms with E-state index < -0.39 is 0 Å². The molecule has 0 unspecified atom stereocenters. The number of aliphatic hydroxyl groups is 1. The van der Waals surface area contributed by atoms with E-state index in [4.69, 9.17) is 19.7 Å². The molecule has 2 aromatic carbocycles. The van der Waals surface area contributed by atoms with Crippen LogP contribution in [0.15, 0.2) is 54.6 Å². The summed E-state index contributed by atoms with van der Waals surface area (Å²) in [4.78, 5) is 16.5. The molecule has 0 aliphatic carbocycles. The highest BCUT2D eigenvalue weighted by Crippen LogP contribution is 2.28. The number of rotatable bonds is 9. The molecule has 34 heavy (non-hydrogen) atoms. The van der Waals surface area contributed by atoms with Gasteiger partial charge in [-0.1, -0.05) is 17.7 Å². The van der Waals surface area contributed by atoms with Crippen molar-refractivity contribution >= 4 is 5.91 Å². The van der Waals surface area contributed by atoms with Gasteiger partial charge in [0.25, 0.3) is 5.91 Å². The molecule has 2 heterocycles. The Labute approximate surface area is 200 Å². The lowest BCUT2D eigenvalue weighted by atomic mass is 10.1. The summed E-state index contributed by atoms with van der Waals surface area (Å²) in [6, 6.07) is 17.7. The minimum Gasteiger partial charge on any atom is -0.484 e. The fourth-order valence-electron chi connectivity index (χ4n) is 3.95. The van der Waals surface area contributed by atoms with Gasteiger partial charge in [0.1, 0.15) is 5.75 Å². The number of aliphatic hydroxyl groups excluding tert-OH is 1. The van der Waals surface area contributed by atoms with E-state index in [1.54, 1.807) is 0 Å². The lowest BCUT2D eigenvalue weighted by Crippen LogP contribution is -2.50. The Morgan fingerprint density at radius 1 is 1.00 bits per heavy atom. The molecule has 8 heteroatoms. The highest BCUT2D eigenvalue weighted by Gasteiger charge is 2.21. The summed E-state index contributed by atoms with van der Waals surface area (Å²) >= 11 is 0. The van der Waals surface area contributed by atoms with E-state index in [0.717, 1.165) is 30.0 Å². The van der Waals surface area contributed by atoms with Gasteiger partial charge < -0.3 is 19.5 Å². The number of hydrogen-bond donors (Lipinski definition) is 1. The highest BCUT2D eigenvalue weighted by atomic mass is 16.5. The van der Waals surface area contributed by atoms with Gasteiger partial charge in [0.05, 0.1) is 24.6 Å². The SMILES string of the molecule is CCOc1cc(-c2ccc(OCC(=O)N3CCN(CCO)CC3)cc2)nn1-c1ccc(C)cc1. The second-order valence-electron chi connectivity index (χ2n) is 8.31. The number of ether oxygens (including phenoxy) is 2. The van der Waals surface area contributed by atoms with Gasteiger partial charge in [0, 0.05) is 44.4 Å². The smallest absolute Gasteiger partial charge is 0.260 e. The van der Waals surface area contributed by atoms with Crippen LogP contribution in [0.5, 0.6) is 11.6 Å². The molecule has 0 atom stereocenters. The predicted molar refractivity (Wildman–Crippen MR) is 131 cm³/mol. The number of aryl methyl sites for hydroxylation is 1. The van der Waals surface area contributed by atoms with Crippen LogP contribution in [-0.2, 0) is 4.79 Å². The first-order valence-electron chi connectivity index (χ1n) is 11.7. The van der Waals surface area contributed by atoms with Crippen molar-refractivity contribution in [2.45, 2.75) is 13.8 Å². The van der Waals surface area contributed by atoms with E-state index in [2.05, 4.69) is 24.0 Å². The number of hydrogen-bond acceptors (Lipinski definition) is 6. The van der Waals surface area contributed by atoms with Crippen molar-refractivity contribution in [2.24, 2.45) is 0 Å². The number of carbonyl (C=O) groups is 1. The van der Waals surface area contributed by atoms with Crippen LogP contribution in [0.1, 0.15) is 12.5 Å². The van der Waals surface area contributed by atoms with E-state index in [1.807, 2.05) is 59.0 Å². The van der Waals surface area contributed by atoms with E-state index in [-0.39, 0.29) is 19.1 Å². The maximum atomic E-state index is 12.5. The summed E-state index contributed by atoms with van der Waals surface area (Å²) in [5.74, 6) is 1.30. The monoisotopic (exact) mass is 464 g/mol.